The molecule has 10 heteroatoms. The van der Waals surface area contributed by atoms with E-state index in [1.54, 1.807) is 5.38 Å². The molecule has 150 valence electrons. The monoisotopic (exact) mass is 421 g/mol. The Morgan fingerprint density at radius 3 is 2.93 bits per heavy atom. The van der Waals surface area contributed by atoms with E-state index in [0.29, 0.717) is 28.1 Å². The van der Waals surface area contributed by atoms with Gasteiger partial charge in [0, 0.05) is 23.6 Å². The summed E-state index contributed by atoms with van der Waals surface area (Å²) in [7, 11) is 0. The van der Waals surface area contributed by atoms with Crippen molar-refractivity contribution in [1.29, 1.82) is 0 Å². The van der Waals surface area contributed by atoms with Crippen LogP contribution in [0.5, 0.6) is 5.75 Å². The summed E-state index contributed by atoms with van der Waals surface area (Å²) in [5.41, 5.74) is 0.0431. The number of nitrogens with zero attached hydrogens (tertiary/aromatic N) is 2. The Labute approximate surface area is 166 Å². The Kier molecular flexibility index (Phi) is 4.87. The van der Waals surface area contributed by atoms with Gasteiger partial charge in [0.1, 0.15) is 17.9 Å². The summed E-state index contributed by atoms with van der Waals surface area (Å²) < 4.78 is 44.7. The van der Waals surface area contributed by atoms with Crippen LogP contribution in [0.25, 0.3) is 11.3 Å². The quantitative estimate of drug-likeness (QED) is 0.699. The minimum absolute atomic E-state index is 0.293. The minimum atomic E-state index is -4.78. The fourth-order valence-electron chi connectivity index (χ4n) is 3.00. The Bertz CT molecular complexity index is 1140. The highest BCUT2D eigenvalue weighted by Crippen LogP contribution is 2.32. The number of thiazole rings is 1. The van der Waals surface area contributed by atoms with Crippen LogP contribution in [0.1, 0.15) is 11.1 Å². The van der Waals surface area contributed by atoms with E-state index in [1.807, 2.05) is 18.2 Å². The van der Waals surface area contributed by atoms with Crippen molar-refractivity contribution in [3.05, 3.63) is 63.4 Å². The number of ether oxygens (including phenoxy) is 1. The fraction of sp³-hybridized carbons (Fsp3) is 0.211. The van der Waals surface area contributed by atoms with Gasteiger partial charge in [-0.3, -0.25) is 9.59 Å². The Hall–Kier alpha value is -3.14. The number of fused-ring (bicyclic) bond motifs is 1. The standard InChI is InChI=1S/C19H14F3N3O3S/c20-19(21,22)13-2-1-6-25(17(13)27)9-16(26)24-18-23-14(10-29-18)11-3-4-15-12(8-11)5-7-28-15/h1-4,6,8,10H,5,7,9H2,(H,23,24,26). The smallest absolute Gasteiger partial charge is 0.421 e. The molecule has 4 rings (SSSR count). The number of rotatable bonds is 4. The van der Waals surface area contributed by atoms with Crippen molar-refractivity contribution in [2.45, 2.75) is 19.1 Å². The first kappa shape index (κ1) is 19.2. The second kappa shape index (κ2) is 7.36. The van der Waals surface area contributed by atoms with E-state index in [0.717, 1.165) is 35.6 Å². The predicted octanol–water partition coefficient (Wildman–Crippen LogP) is 3.56. The third kappa shape index (κ3) is 4.02. The Morgan fingerprint density at radius 2 is 2.14 bits per heavy atom. The number of hydrogen-bond donors (Lipinski definition) is 1. The summed E-state index contributed by atoms with van der Waals surface area (Å²) in [4.78, 5) is 28.5. The van der Waals surface area contributed by atoms with Crippen LogP contribution >= 0.6 is 11.3 Å². The number of amides is 1. The first-order chi connectivity index (χ1) is 13.8. The molecule has 0 aliphatic carbocycles. The van der Waals surface area contributed by atoms with Gasteiger partial charge in [-0.05, 0) is 35.9 Å². The number of aromatic nitrogens is 2. The zero-order valence-electron chi connectivity index (χ0n) is 14.8. The van der Waals surface area contributed by atoms with Gasteiger partial charge in [0.2, 0.25) is 5.91 Å². The Morgan fingerprint density at radius 1 is 1.31 bits per heavy atom. The number of anilines is 1. The van der Waals surface area contributed by atoms with Gasteiger partial charge in [-0.25, -0.2) is 4.98 Å². The van der Waals surface area contributed by atoms with Crippen molar-refractivity contribution >= 4 is 22.4 Å². The van der Waals surface area contributed by atoms with Gasteiger partial charge < -0.3 is 14.6 Å². The molecule has 29 heavy (non-hydrogen) atoms. The average Bonchev–Trinajstić information content (AvgIpc) is 3.31. The maximum atomic E-state index is 12.8. The third-order valence-electron chi connectivity index (χ3n) is 4.38. The average molecular weight is 421 g/mol. The highest BCUT2D eigenvalue weighted by molar-refractivity contribution is 7.14. The number of alkyl halides is 3. The molecule has 2 aromatic heterocycles. The Balaban J connectivity index is 1.47. The normalized spacial score (nSPS) is 13.1. The number of benzene rings is 1. The van der Waals surface area contributed by atoms with Crippen LogP contribution in [-0.2, 0) is 23.9 Å². The lowest BCUT2D eigenvalue weighted by molar-refractivity contribution is -0.139. The molecule has 0 unspecified atom stereocenters. The molecule has 0 bridgehead atoms. The van der Waals surface area contributed by atoms with E-state index < -0.39 is 29.8 Å². The van der Waals surface area contributed by atoms with Crippen molar-refractivity contribution in [2.75, 3.05) is 11.9 Å². The van der Waals surface area contributed by atoms with Gasteiger partial charge in [-0.15, -0.1) is 11.3 Å². The molecule has 1 aromatic carbocycles. The third-order valence-corrected chi connectivity index (χ3v) is 5.13. The van der Waals surface area contributed by atoms with Gasteiger partial charge in [0.05, 0.1) is 12.3 Å². The van der Waals surface area contributed by atoms with E-state index in [2.05, 4.69) is 10.3 Å². The number of carbonyl (C=O) groups is 1. The van der Waals surface area contributed by atoms with Crippen molar-refractivity contribution in [2.24, 2.45) is 0 Å². The van der Waals surface area contributed by atoms with Crippen LogP contribution in [0.4, 0.5) is 18.3 Å². The van der Waals surface area contributed by atoms with Crippen LogP contribution in [-0.4, -0.2) is 22.1 Å². The molecule has 3 aromatic rings. The summed E-state index contributed by atoms with van der Waals surface area (Å²) in [5, 5.41) is 4.58. The van der Waals surface area contributed by atoms with Crippen LogP contribution in [0.2, 0.25) is 0 Å². The van der Waals surface area contributed by atoms with Gasteiger partial charge in [0.25, 0.3) is 5.56 Å². The molecular formula is C19H14F3N3O3S. The van der Waals surface area contributed by atoms with Crippen molar-refractivity contribution in [1.82, 2.24) is 9.55 Å². The fourth-order valence-corrected chi connectivity index (χ4v) is 3.74. The first-order valence-electron chi connectivity index (χ1n) is 8.59. The summed E-state index contributed by atoms with van der Waals surface area (Å²) in [6, 6.07) is 7.48. The van der Waals surface area contributed by atoms with E-state index in [1.165, 1.54) is 11.3 Å². The van der Waals surface area contributed by atoms with Crippen LogP contribution < -0.4 is 15.6 Å². The van der Waals surface area contributed by atoms with E-state index in [-0.39, 0.29) is 0 Å². The summed E-state index contributed by atoms with van der Waals surface area (Å²) in [5.74, 6) is 0.207. The summed E-state index contributed by atoms with van der Waals surface area (Å²) >= 11 is 1.19. The van der Waals surface area contributed by atoms with E-state index >= 15 is 0 Å². The second-order valence-corrected chi connectivity index (χ2v) is 7.22. The predicted molar refractivity (Wildman–Crippen MR) is 101 cm³/mol. The molecule has 3 heterocycles. The molecule has 6 nitrogen and oxygen atoms in total. The second-order valence-electron chi connectivity index (χ2n) is 6.36. The summed E-state index contributed by atoms with van der Waals surface area (Å²) in [6.07, 6.45) is -2.82. The SMILES string of the molecule is O=C(Cn1cccc(C(F)(F)F)c1=O)Nc1nc(-c2ccc3c(c2)CCO3)cs1. The lowest BCUT2D eigenvalue weighted by Gasteiger charge is -2.09. The van der Waals surface area contributed by atoms with E-state index in [4.69, 9.17) is 4.74 Å². The molecule has 0 atom stereocenters. The maximum Gasteiger partial charge on any atom is 0.421 e. The van der Waals surface area contributed by atoms with Crippen molar-refractivity contribution < 1.29 is 22.7 Å². The lowest BCUT2D eigenvalue weighted by atomic mass is 10.1. The molecule has 1 amide bonds. The van der Waals surface area contributed by atoms with Gasteiger partial charge in [-0.2, -0.15) is 13.2 Å². The number of nitrogens with one attached hydrogen (secondary N) is 1. The summed E-state index contributed by atoms with van der Waals surface area (Å²) in [6.45, 7) is 0.0971. The number of hydrogen-bond acceptors (Lipinski definition) is 5. The number of halogens is 3. The van der Waals surface area contributed by atoms with Gasteiger partial charge >= 0.3 is 6.18 Å². The highest BCUT2D eigenvalue weighted by atomic mass is 32.1. The van der Waals surface area contributed by atoms with E-state index in [9.17, 15) is 22.8 Å². The van der Waals surface area contributed by atoms with Crippen LogP contribution in [0, 0.1) is 0 Å². The molecule has 0 fully saturated rings. The molecule has 0 radical (unpaired) electrons. The molecule has 1 aliphatic rings. The zero-order chi connectivity index (χ0) is 20.6. The molecule has 0 saturated carbocycles. The van der Waals surface area contributed by atoms with Crippen molar-refractivity contribution in [3.63, 3.8) is 0 Å². The van der Waals surface area contributed by atoms with Crippen LogP contribution in [0.3, 0.4) is 0 Å². The first-order valence-corrected chi connectivity index (χ1v) is 9.47. The number of pyridine rings is 1. The lowest BCUT2D eigenvalue weighted by Crippen LogP contribution is -2.31. The molecular weight excluding hydrogens is 407 g/mol. The molecule has 0 spiro atoms. The zero-order valence-corrected chi connectivity index (χ0v) is 15.6. The molecule has 1 N–H and O–H groups in total. The maximum absolute atomic E-state index is 12.8. The highest BCUT2D eigenvalue weighted by Gasteiger charge is 2.34. The topological polar surface area (TPSA) is 73.2 Å². The van der Waals surface area contributed by atoms with Gasteiger partial charge in [0.15, 0.2) is 5.13 Å². The molecule has 1 aliphatic heterocycles. The number of carbonyl (C=O) groups excluding carboxylic acids is 1. The van der Waals surface area contributed by atoms with Crippen LogP contribution in [0.15, 0.2) is 46.7 Å². The largest absolute Gasteiger partial charge is 0.493 e. The minimum Gasteiger partial charge on any atom is -0.493 e. The van der Waals surface area contributed by atoms with Gasteiger partial charge in [-0.1, -0.05) is 0 Å². The van der Waals surface area contributed by atoms with Crippen molar-refractivity contribution in [3.8, 4) is 17.0 Å². The molecule has 0 saturated heterocycles.